The van der Waals surface area contributed by atoms with Gasteiger partial charge >= 0.3 is 6.09 Å². The molecule has 0 aromatic rings. The molecule has 408 valence electrons. The minimum Gasteiger partial charge on any atom is -0.444 e. The maximum Gasteiger partial charge on any atom is 0.408 e. The van der Waals surface area contributed by atoms with Crippen LogP contribution in [0.4, 0.5) is 4.79 Å². The zero-order valence-corrected chi connectivity index (χ0v) is 45.2. The second kappa shape index (κ2) is 40.2. The number of hydrogen-bond donors (Lipinski definition) is 7. The first-order chi connectivity index (χ1) is 33.6. The van der Waals surface area contributed by atoms with Crippen molar-refractivity contribution in [3.63, 3.8) is 0 Å². The predicted molar refractivity (Wildman–Crippen MR) is 280 cm³/mol. The molecule has 1 fully saturated rings. The van der Waals surface area contributed by atoms with Crippen molar-refractivity contribution in [2.75, 3.05) is 19.7 Å². The smallest absolute Gasteiger partial charge is 0.408 e. The maximum absolute atomic E-state index is 14.1. The molecule has 0 radical (unpaired) electrons. The molecular formula is C55H103N5O10. The molecular weight excluding hydrogens is 891 g/mol. The molecule has 0 aromatic heterocycles. The zero-order chi connectivity index (χ0) is 52.0. The van der Waals surface area contributed by atoms with E-state index >= 15 is 0 Å². The van der Waals surface area contributed by atoms with Gasteiger partial charge in [0.25, 0.3) is 0 Å². The van der Waals surface area contributed by atoms with Crippen LogP contribution in [0.3, 0.4) is 0 Å². The van der Waals surface area contributed by atoms with Crippen molar-refractivity contribution in [1.29, 1.82) is 0 Å². The van der Waals surface area contributed by atoms with Crippen molar-refractivity contribution < 1.29 is 48.8 Å². The van der Waals surface area contributed by atoms with Crippen LogP contribution in [0.25, 0.3) is 0 Å². The minimum absolute atomic E-state index is 0.198. The first-order valence-electron chi connectivity index (χ1n) is 28.0. The molecule has 1 aliphatic heterocycles. The molecule has 1 heterocycles. The molecule has 15 nitrogen and oxygen atoms in total. The number of alkyl carbamates (subject to hydrolysis) is 1. The number of allylic oxidation sites excluding steroid dienone is 2. The molecule has 1 aliphatic rings. The Morgan fingerprint density at radius 2 is 1.06 bits per heavy atom. The van der Waals surface area contributed by atoms with Crippen LogP contribution in [0, 0.1) is 0 Å². The second-order valence-corrected chi connectivity index (χ2v) is 20.9. The molecule has 7 atom stereocenters. The molecule has 0 aromatic carbocycles. The van der Waals surface area contributed by atoms with Gasteiger partial charge in [-0.25, -0.2) is 4.79 Å². The number of aliphatic hydroxyl groups excluding tert-OH is 3. The maximum atomic E-state index is 14.1. The number of carbonyl (C=O) groups excluding carboxylic acids is 5. The quantitative estimate of drug-likeness (QED) is 0.0227. The largest absolute Gasteiger partial charge is 0.444 e. The zero-order valence-electron chi connectivity index (χ0n) is 45.2. The summed E-state index contributed by atoms with van der Waals surface area (Å²) in [6, 6.07) is -3.39. The number of nitrogens with one attached hydrogen (secondary N) is 4. The van der Waals surface area contributed by atoms with Crippen molar-refractivity contribution in [3.05, 3.63) is 12.2 Å². The SMILES string of the molecule is CCCCCCCC/C=C\CCCCCCCC(=O)N(CCCCCCCCCCCCCCCCCC)[C@@H]1O[C@H](CO)[C@@H](O)[C@H](O)[C@H]1NC(=O)CNC(=O)[C@H](C)NC(=O)[C@H](C)NC(=O)OC(C)(C)C. The highest BCUT2D eigenvalue weighted by Crippen LogP contribution is 2.26. The molecule has 7 N–H and O–H groups in total. The molecule has 1 rings (SSSR count). The summed E-state index contributed by atoms with van der Waals surface area (Å²) in [7, 11) is 0. The fraction of sp³-hybridized carbons (Fsp3) is 0.873. The van der Waals surface area contributed by atoms with Crippen LogP contribution in [0.1, 0.15) is 241 Å². The molecule has 1 saturated heterocycles. The van der Waals surface area contributed by atoms with Crippen molar-refractivity contribution >= 4 is 29.7 Å². The summed E-state index contributed by atoms with van der Waals surface area (Å²) in [5, 5.41) is 42.5. The average Bonchev–Trinajstić information content (AvgIpc) is 3.31. The van der Waals surface area contributed by atoms with Gasteiger partial charge in [0.05, 0.1) is 13.2 Å². The van der Waals surface area contributed by atoms with E-state index in [1.807, 2.05) is 0 Å². The van der Waals surface area contributed by atoms with Crippen LogP contribution >= 0.6 is 0 Å². The molecule has 0 bridgehead atoms. The Kier molecular flexibility index (Phi) is 37.2. The van der Waals surface area contributed by atoms with Crippen LogP contribution in [-0.4, -0.2) is 118 Å². The Balaban J connectivity index is 2.86. The lowest BCUT2D eigenvalue weighted by molar-refractivity contribution is -0.231. The summed E-state index contributed by atoms with van der Waals surface area (Å²) in [5.41, 5.74) is -0.768. The van der Waals surface area contributed by atoms with Crippen molar-refractivity contribution in [2.45, 2.75) is 289 Å². The van der Waals surface area contributed by atoms with Gasteiger partial charge in [-0.1, -0.05) is 174 Å². The van der Waals surface area contributed by atoms with E-state index in [2.05, 4.69) is 47.3 Å². The molecule has 0 spiro atoms. The molecule has 0 aliphatic carbocycles. The predicted octanol–water partition coefficient (Wildman–Crippen LogP) is 9.57. The number of nitrogens with zero attached hydrogens (tertiary/aromatic N) is 1. The number of hydrogen-bond acceptors (Lipinski definition) is 10. The Bertz CT molecular complexity index is 1430. The monoisotopic (exact) mass is 994 g/mol. The number of unbranched alkanes of at least 4 members (excludes halogenated alkanes) is 26. The lowest BCUT2D eigenvalue weighted by Crippen LogP contribution is -2.69. The highest BCUT2D eigenvalue weighted by atomic mass is 16.6. The fourth-order valence-corrected chi connectivity index (χ4v) is 8.75. The summed E-state index contributed by atoms with van der Waals surface area (Å²) in [6.45, 7) is 11.6. The van der Waals surface area contributed by atoms with Gasteiger partial charge in [-0.2, -0.15) is 0 Å². The van der Waals surface area contributed by atoms with Gasteiger partial charge in [0.2, 0.25) is 23.6 Å². The third-order valence-corrected chi connectivity index (χ3v) is 13.1. The van der Waals surface area contributed by atoms with Gasteiger partial charge in [-0.15, -0.1) is 0 Å². The molecule has 15 heteroatoms. The lowest BCUT2D eigenvalue weighted by atomic mass is 9.94. The summed E-state index contributed by atoms with van der Waals surface area (Å²) in [6.07, 6.45) is 32.5. The van der Waals surface area contributed by atoms with Crippen LogP contribution in [0.2, 0.25) is 0 Å². The first kappa shape index (κ1) is 64.7. The van der Waals surface area contributed by atoms with Gasteiger partial charge < -0.3 is 51.0 Å². The molecule has 70 heavy (non-hydrogen) atoms. The standard InChI is InChI=1S/C55H103N5O10/c1-8-10-12-14-16-18-20-22-24-26-28-30-32-34-36-38-40-60(47(63)39-37-35-33-31-29-27-25-23-21-19-17-15-13-11-9-2)53-48(50(65)49(64)45(42-61)69-53)59-46(62)41-56-51(66)43(3)57-52(67)44(4)58-54(68)70-55(5,6)7/h23,25,43-45,48-50,53,61,64-65H,8-22,24,26-42H2,1-7H3,(H,56,66)(H,57,67)(H,58,68)(H,59,62)/b25-23-/t43-,44-,45+,48+,49+,50+,53+/m0/s1. The van der Waals surface area contributed by atoms with E-state index in [0.29, 0.717) is 19.4 Å². The van der Waals surface area contributed by atoms with E-state index in [1.165, 1.54) is 129 Å². The normalized spacial score (nSPS) is 19.1. The topological polar surface area (TPSA) is 216 Å². The first-order valence-corrected chi connectivity index (χ1v) is 28.0. The summed E-state index contributed by atoms with van der Waals surface area (Å²) >= 11 is 0. The van der Waals surface area contributed by atoms with Crippen molar-refractivity contribution in [2.24, 2.45) is 0 Å². The van der Waals surface area contributed by atoms with Crippen molar-refractivity contribution in [3.8, 4) is 0 Å². The number of ether oxygens (including phenoxy) is 2. The van der Waals surface area contributed by atoms with E-state index < -0.39 is 85.2 Å². The summed E-state index contributed by atoms with van der Waals surface area (Å²) in [5.74, 6) is -2.26. The van der Waals surface area contributed by atoms with Gasteiger partial charge in [-0.05, 0) is 73.1 Å². The van der Waals surface area contributed by atoms with Crippen LogP contribution in [-0.2, 0) is 28.7 Å². The summed E-state index contributed by atoms with van der Waals surface area (Å²) < 4.78 is 11.3. The number of rotatable bonds is 41. The second-order valence-electron chi connectivity index (χ2n) is 20.9. The lowest BCUT2D eigenvalue weighted by Gasteiger charge is -2.47. The van der Waals surface area contributed by atoms with Crippen LogP contribution in [0.5, 0.6) is 0 Å². The van der Waals surface area contributed by atoms with Gasteiger partial charge in [-0.3, -0.25) is 19.2 Å². The van der Waals surface area contributed by atoms with Gasteiger partial charge in [0, 0.05) is 13.0 Å². The number of amides is 5. The fourth-order valence-electron chi connectivity index (χ4n) is 8.75. The van der Waals surface area contributed by atoms with Crippen LogP contribution < -0.4 is 21.3 Å². The van der Waals surface area contributed by atoms with E-state index in [9.17, 15) is 39.3 Å². The Morgan fingerprint density at radius 3 is 1.53 bits per heavy atom. The average molecular weight is 994 g/mol. The molecule has 5 amide bonds. The van der Waals surface area contributed by atoms with Gasteiger partial charge in [0.15, 0.2) is 6.23 Å². The third-order valence-electron chi connectivity index (χ3n) is 13.1. The molecule has 0 unspecified atom stereocenters. The Labute approximate surface area is 424 Å². The minimum atomic E-state index is -1.60. The van der Waals surface area contributed by atoms with E-state index in [0.717, 1.165) is 57.8 Å². The highest BCUT2D eigenvalue weighted by molar-refractivity contribution is 5.92. The Hall–Kier alpha value is -3.27. The van der Waals surface area contributed by atoms with Crippen LogP contribution in [0.15, 0.2) is 12.2 Å². The van der Waals surface area contributed by atoms with E-state index in [1.54, 1.807) is 25.7 Å². The van der Waals surface area contributed by atoms with E-state index in [4.69, 9.17) is 9.47 Å². The summed E-state index contributed by atoms with van der Waals surface area (Å²) in [4.78, 5) is 66.9. The van der Waals surface area contributed by atoms with E-state index in [-0.39, 0.29) is 12.3 Å². The number of carbonyl (C=O) groups is 5. The van der Waals surface area contributed by atoms with Gasteiger partial charge in [0.1, 0.15) is 42.0 Å². The Morgan fingerprint density at radius 1 is 0.614 bits per heavy atom. The third kappa shape index (κ3) is 31.2. The highest BCUT2D eigenvalue weighted by Gasteiger charge is 2.48. The van der Waals surface area contributed by atoms with Crippen molar-refractivity contribution in [1.82, 2.24) is 26.2 Å². The molecule has 0 saturated carbocycles. The number of aliphatic hydroxyl groups is 3.